The molecule has 0 atom stereocenters. The van der Waals surface area contributed by atoms with Crippen molar-refractivity contribution in [3.63, 3.8) is 0 Å². The van der Waals surface area contributed by atoms with Crippen molar-refractivity contribution in [1.29, 1.82) is 0 Å². The lowest BCUT2D eigenvalue weighted by Crippen LogP contribution is -2.23. The van der Waals surface area contributed by atoms with Crippen LogP contribution in [0.3, 0.4) is 0 Å². The van der Waals surface area contributed by atoms with Crippen molar-refractivity contribution in [1.82, 2.24) is 4.98 Å². The van der Waals surface area contributed by atoms with E-state index in [1.807, 2.05) is 0 Å². The molecule has 0 saturated carbocycles. The molecule has 1 N–H and O–H groups in total. The van der Waals surface area contributed by atoms with Crippen LogP contribution in [0.5, 0.6) is 0 Å². The number of rotatable bonds is 2. The molecule has 0 unspecified atom stereocenters. The van der Waals surface area contributed by atoms with E-state index in [1.54, 1.807) is 6.92 Å². The Hall–Kier alpha value is -0.780. The zero-order valence-electron chi connectivity index (χ0n) is 7.91. The highest BCUT2D eigenvalue weighted by molar-refractivity contribution is 9.08. The summed E-state index contributed by atoms with van der Waals surface area (Å²) in [5.74, 6) is 0. The standard InChI is InChI=1S/C9H9BrF3NO/c1-2-7-5(4-10)3-6(8(15)14-7)9(11,12)13/h3H,2,4H2,1H3,(H,14,15). The maximum Gasteiger partial charge on any atom is 0.421 e. The molecule has 6 heteroatoms. The van der Waals surface area contributed by atoms with Gasteiger partial charge in [0.15, 0.2) is 0 Å². The van der Waals surface area contributed by atoms with Crippen LogP contribution < -0.4 is 5.56 Å². The third-order valence-corrected chi connectivity index (χ3v) is 2.62. The Balaban J connectivity index is 3.39. The molecule has 0 fully saturated rings. The third-order valence-electron chi connectivity index (χ3n) is 2.02. The molecule has 1 aromatic heterocycles. The van der Waals surface area contributed by atoms with Gasteiger partial charge in [0.1, 0.15) is 5.56 Å². The molecular formula is C9H9BrF3NO. The van der Waals surface area contributed by atoms with Gasteiger partial charge >= 0.3 is 6.18 Å². The molecule has 0 bridgehead atoms. The Morgan fingerprint density at radius 2 is 2.07 bits per heavy atom. The fraction of sp³-hybridized carbons (Fsp3) is 0.444. The molecule has 0 radical (unpaired) electrons. The molecule has 2 nitrogen and oxygen atoms in total. The molecule has 1 heterocycles. The highest BCUT2D eigenvalue weighted by Gasteiger charge is 2.34. The van der Waals surface area contributed by atoms with Crippen molar-refractivity contribution in [2.24, 2.45) is 0 Å². The predicted octanol–water partition coefficient (Wildman–Crippen LogP) is 2.85. The highest BCUT2D eigenvalue weighted by atomic mass is 79.9. The zero-order chi connectivity index (χ0) is 11.6. The van der Waals surface area contributed by atoms with Gasteiger partial charge in [-0.25, -0.2) is 0 Å². The van der Waals surface area contributed by atoms with Crippen LogP contribution in [-0.2, 0) is 17.9 Å². The molecule has 0 aromatic carbocycles. The quantitative estimate of drug-likeness (QED) is 0.832. The normalized spacial score (nSPS) is 11.8. The van der Waals surface area contributed by atoms with E-state index in [0.29, 0.717) is 17.7 Å². The third kappa shape index (κ3) is 2.62. The van der Waals surface area contributed by atoms with Gasteiger partial charge in [-0.3, -0.25) is 4.79 Å². The van der Waals surface area contributed by atoms with Gasteiger partial charge in [-0.1, -0.05) is 22.9 Å². The van der Waals surface area contributed by atoms with E-state index in [1.165, 1.54) is 0 Å². The number of aryl methyl sites for hydroxylation is 1. The van der Waals surface area contributed by atoms with Crippen LogP contribution in [0.2, 0.25) is 0 Å². The minimum absolute atomic E-state index is 0.288. The number of nitrogens with one attached hydrogen (secondary N) is 1. The van der Waals surface area contributed by atoms with Crippen molar-refractivity contribution < 1.29 is 13.2 Å². The number of halogens is 4. The largest absolute Gasteiger partial charge is 0.421 e. The summed E-state index contributed by atoms with van der Waals surface area (Å²) in [6, 6.07) is 0.895. The molecule has 0 saturated heterocycles. The van der Waals surface area contributed by atoms with Gasteiger partial charge in [0.25, 0.3) is 5.56 Å². The van der Waals surface area contributed by atoms with Gasteiger partial charge in [0.2, 0.25) is 0 Å². The first-order valence-corrected chi connectivity index (χ1v) is 5.40. The molecule has 1 rings (SSSR count). The predicted molar refractivity (Wildman–Crippen MR) is 54.1 cm³/mol. The van der Waals surface area contributed by atoms with Gasteiger partial charge < -0.3 is 4.98 Å². The number of hydrogen-bond acceptors (Lipinski definition) is 1. The summed E-state index contributed by atoms with van der Waals surface area (Å²) in [6.07, 6.45) is -4.11. The van der Waals surface area contributed by atoms with Crippen LogP contribution in [-0.4, -0.2) is 4.98 Å². The zero-order valence-corrected chi connectivity index (χ0v) is 9.50. The van der Waals surface area contributed by atoms with Crippen LogP contribution in [0.25, 0.3) is 0 Å². The van der Waals surface area contributed by atoms with Crippen molar-refractivity contribution in [3.05, 3.63) is 33.2 Å². The van der Waals surface area contributed by atoms with Crippen molar-refractivity contribution in [2.75, 3.05) is 0 Å². The number of aromatic amines is 1. The van der Waals surface area contributed by atoms with Crippen molar-refractivity contribution in [2.45, 2.75) is 24.9 Å². The molecule has 0 aliphatic carbocycles. The molecule has 1 aromatic rings. The van der Waals surface area contributed by atoms with E-state index in [4.69, 9.17) is 0 Å². The van der Waals surface area contributed by atoms with Gasteiger partial charge in [0.05, 0.1) is 0 Å². The van der Waals surface area contributed by atoms with Gasteiger partial charge in [-0.2, -0.15) is 13.2 Å². The fourth-order valence-corrected chi connectivity index (χ4v) is 1.76. The van der Waals surface area contributed by atoms with Crippen LogP contribution in [0, 0.1) is 0 Å². The van der Waals surface area contributed by atoms with E-state index in [2.05, 4.69) is 20.9 Å². The Morgan fingerprint density at radius 1 is 1.47 bits per heavy atom. The maximum absolute atomic E-state index is 12.4. The Labute approximate surface area is 92.6 Å². The first-order valence-electron chi connectivity index (χ1n) is 4.28. The lowest BCUT2D eigenvalue weighted by Gasteiger charge is -2.10. The summed E-state index contributed by atoms with van der Waals surface area (Å²) < 4.78 is 37.1. The number of aromatic nitrogens is 1. The Morgan fingerprint density at radius 3 is 2.47 bits per heavy atom. The number of hydrogen-bond donors (Lipinski definition) is 1. The number of alkyl halides is 4. The van der Waals surface area contributed by atoms with E-state index < -0.39 is 17.3 Å². The van der Waals surface area contributed by atoms with Crippen molar-refractivity contribution >= 4 is 15.9 Å². The van der Waals surface area contributed by atoms with Crippen molar-refractivity contribution in [3.8, 4) is 0 Å². The summed E-state index contributed by atoms with van der Waals surface area (Å²) in [7, 11) is 0. The summed E-state index contributed by atoms with van der Waals surface area (Å²) >= 11 is 3.09. The minimum Gasteiger partial charge on any atom is -0.325 e. The van der Waals surface area contributed by atoms with Crippen LogP contribution in [0.15, 0.2) is 10.9 Å². The second-order valence-electron chi connectivity index (χ2n) is 3.00. The van der Waals surface area contributed by atoms with E-state index >= 15 is 0 Å². The molecule has 0 aliphatic heterocycles. The van der Waals surface area contributed by atoms with E-state index in [-0.39, 0.29) is 5.33 Å². The topological polar surface area (TPSA) is 32.9 Å². The minimum atomic E-state index is -4.60. The average Bonchev–Trinajstić information content (AvgIpc) is 2.15. The molecule has 84 valence electrons. The molecule has 15 heavy (non-hydrogen) atoms. The first kappa shape index (κ1) is 12.3. The molecule has 0 amide bonds. The number of pyridine rings is 1. The number of H-pyrrole nitrogens is 1. The summed E-state index contributed by atoms with van der Waals surface area (Å²) in [5.41, 5.74) is -1.23. The second kappa shape index (κ2) is 4.38. The van der Waals surface area contributed by atoms with E-state index in [0.717, 1.165) is 6.07 Å². The summed E-state index contributed by atoms with van der Waals surface area (Å²) in [5, 5.41) is 0.288. The second-order valence-corrected chi connectivity index (χ2v) is 3.56. The molecule has 0 aliphatic rings. The maximum atomic E-state index is 12.4. The van der Waals surface area contributed by atoms with Crippen LogP contribution in [0.4, 0.5) is 13.2 Å². The van der Waals surface area contributed by atoms with Gasteiger partial charge in [-0.15, -0.1) is 0 Å². The van der Waals surface area contributed by atoms with Gasteiger partial charge in [-0.05, 0) is 18.1 Å². The molecule has 0 spiro atoms. The van der Waals surface area contributed by atoms with Crippen LogP contribution >= 0.6 is 15.9 Å². The smallest absolute Gasteiger partial charge is 0.325 e. The summed E-state index contributed by atoms with van der Waals surface area (Å²) in [4.78, 5) is 13.4. The highest BCUT2D eigenvalue weighted by Crippen LogP contribution is 2.27. The molecular weight excluding hydrogens is 275 g/mol. The lowest BCUT2D eigenvalue weighted by atomic mass is 10.1. The average molecular weight is 284 g/mol. The lowest BCUT2D eigenvalue weighted by molar-refractivity contribution is -0.138. The Bertz CT molecular complexity index is 411. The monoisotopic (exact) mass is 283 g/mol. The van der Waals surface area contributed by atoms with Gasteiger partial charge in [0, 0.05) is 11.0 Å². The Kier molecular flexibility index (Phi) is 3.59. The SMILES string of the molecule is CCc1[nH]c(=O)c(C(F)(F)F)cc1CBr. The first-order chi connectivity index (χ1) is 6.90. The fourth-order valence-electron chi connectivity index (χ4n) is 1.26. The van der Waals surface area contributed by atoms with Crippen LogP contribution in [0.1, 0.15) is 23.7 Å². The van der Waals surface area contributed by atoms with E-state index in [9.17, 15) is 18.0 Å². The summed E-state index contributed by atoms with van der Waals surface area (Å²) in [6.45, 7) is 1.77.